The number of nitrogens with one attached hydrogen (secondary N) is 2. The van der Waals surface area contributed by atoms with Crippen LogP contribution in [0.5, 0.6) is 11.5 Å². The fourth-order valence-electron chi connectivity index (χ4n) is 6.19. The Morgan fingerprint density at radius 2 is 0.923 bits per heavy atom. The zero-order valence-corrected chi connectivity index (χ0v) is 30.2. The number of aliphatic hydroxyl groups is 2. The maximum absolute atomic E-state index is 9.65. The van der Waals surface area contributed by atoms with Gasteiger partial charge in [-0.2, -0.15) is 0 Å². The first-order chi connectivity index (χ1) is 25.0. The van der Waals surface area contributed by atoms with E-state index in [1.807, 2.05) is 97.1 Å². The number of hydrogen-bond acceptors (Lipinski definition) is 8. The first-order valence-corrected chi connectivity index (χ1v) is 17.5. The highest BCUT2D eigenvalue weighted by Gasteiger charge is 2.18. The van der Waals surface area contributed by atoms with E-state index in [4.69, 9.17) is 52.1 Å². The van der Waals surface area contributed by atoms with Crippen LogP contribution in [0.4, 0.5) is 0 Å². The molecule has 0 fully saturated rings. The summed E-state index contributed by atoms with van der Waals surface area (Å²) in [6.45, 7) is 6.49. The van der Waals surface area contributed by atoms with Crippen LogP contribution in [0.15, 0.2) is 72.8 Å². The highest BCUT2D eigenvalue weighted by atomic mass is 35.5. The van der Waals surface area contributed by atoms with E-state index in [2.05, 4.69) is 9.97 Å². The van der Waals surface area contributed by atoms with Gasteiger partial charge in [-0.05, 0) is 112 Å². The third-order valence-electron chi connectivity index (χ3n) is 8.25. The minimum absolute atomic E-state index is 0.436. The van der Waals surface area contributed by atoms with Crippen molar-refractivity contribution < 1.29 is 29.2 Å². The van der Waals surface area contributed by atoms with Crippen molar-refractivity contribution in [1.29, 1.82) is 0 Å². The van der Waals surface area contributed by atoms with Crippen molar-refractivity contribution in [2.75, 3.05) is 0 Å². The van der Waals surface area contributed by atoms with Gasteiger partial charge in [0.2, 0.25) is 0 Å². The van der Waals surface area contributed by atoms with Gasteiger partial charge in [-0.25, -0.2) is 9.97 Å². The lowest BCUT2D eigenvalue weighted by atomic mass is 10.0. The molecule has 0 saturated heterocycles. The van der Waals surface area contributed by atoms with Gasteiger partial charge in [-0.3, -0.25) is 0 Å². The Morgan fingerprint density at radius 3 is 1.33 bits per heavy atom. The molecular formula is C40H36Cl2N4O6. The van der Waals surface area contributed by atoms with Gasteiger partial charge in [0.25, 0.3) is 0 Å². The van der Waals surface area contributed by atoms with Crippen LogP contribution in [-0.4, -0.2) is 55.3 Å². The Balaban J connectivity index is 1.43. The first kappa shape index (κ1) is 35.5. The average Bonchev–Trinajstić information content (AvgIpc) is 3.92. The molecule has 2 aliphatic heterocycles. The summed E-state index contributed by atoms with van der Waals surface area (Å²) in [4.78, 5) is 17.0. The number of rotatable bonds is 10. The molecule has 4 unspecified atom stereocenters. The monoisotopic (exact) mass is 738 g/mol. The number of nitrogens with zero attached hydrogens (tertiary/aromatic N) is 2. The summed E-state index contributed by atoms with van der Waals surface area (Å²) in [6.07, 6.45) is 4.29. The number of H-pyrrole nitrogens is 2. The van der Waals surface area contributed by atoms with Crippen LogP contribution in [0.25, 0.3) is 68.6 Å². The van der Waals surface area contributed by atoms with Gasteiger partial charge in [-0.1, -0.05) is 47.5 Å². The molecule has 0 radical (unpaired) electrons. The Bertz CT molecular complexity index is 2200. The van der Waals surface area contributed by atoms with Crippen molar-refractivity contribution in [2.45, 2.75) is 52.9 Å². The minimum atomic E-state index is -0.975. The van der Waals surface area contributed by atoms with Crippen molar-refractivity contribution in [3.05, 3.63) is 106 Å². The van der Waals surface area contributed by atoms with E-state index in [0.717, 1.165) is 33.3 Å². The molecule has 2 aromatic carbocycles. The topological polar surface area (TPSA) is 135 Å². The molecular weight excluding hydrogens is 703 g/mol. The number of hydrogen-bond donors (Lipinski definition) is 4. The molecule has 3 aromatic heterocycles. The van der Waals surface area contributed by atoms with Gasteiger partial charge in [0, 0.05) is 22.2 Å². The standard InChI is InChI=1S/C40H36Cl2N4O6/c1-21(47)49-23(3)51-27-9-5-7-25(19-27)37-29-11-15-33(43-29)39(41)35-17-13-31(45-35)38(26-8-6-10-28(20-26)52-24(4)50-22(2)48)32-14-18-36(46-32)40(42)34-16-12-30(37)44-34/h5-24,43,46-48H,1-4H3. The van der Waals surface area contributed by atoms with Gasteiger partial charge in [-0.15, -0.1) is 0 Å². The highest BCUT2D eigenvalue weighted by Crippen LogP contribution is 2.37. The van der Waals surface area contributed by atoms with Crippen LogP contribution in [-0.2, 0) is 9.47 Å². The summed E-state index contributed by atoms with van der Waals surface area (Å²) >= 11 is 14.1. The SMILES string of the molecule is CC(O)OC(C)Oc1cccc(-c2c3nc(c(Cl)c4ccc([nH]4)c(-c4cccc(OC(C)OC(C)O)c4)c4nc(c(Cl)c5ccc2[nH]5)C=C4)C=C3)c1. The zero-order valence-electron chi connectivity index (χ0n) is 28.7. The summed E-state index contributed by atoms with van der Waals surface area (Å²) in [5.74, 6) is 1.11. The summed E-state index contributed by atoms with van der Waals surface area (Å²) in [7, 11) is 0. The minimum Gasteiger partial charge on any atom is -0.465 e. The normalized spacial score (nSPS) is 14.6. The van der Waals surface area contributed by atoms with E-state index in [1.165, 1.54) is 13.8 Å². The number of aromatic amines is 2. The molecule has 4 atom stereocenters. The van der Waals surface area contributed by atoms with E-state index in [1.54, 1.807) is 13.8 Å². The third kappa shape index (κ3) is 7.63. The van der Waals surface area contributed by atoms with Gasteiger partial charge in [0.15, 0.2) is 25.2 Å². The average molecular weight is 740 g/mol. The molecule has 10 nitrogen and oxygen atoms in total. The fourth-order valence-corrected chi connectivity index (χ4v) is 6.62. The Labute approximate surface area is 309 Å². The predicted octanol–water partition coefficient (Wildman–Crippen LogP) is 9.46. The predicted molar refractivity (Wildman–Crippen MR) is 205 cm³/mol. The molecule has 12 heteroatoms. The van der Waals surface area contributed by atoms with E-state index < -0.39 is 25.2 Å². The number of benzene rings is 2. The molecule has 8 bridgehead atoms. The summed E-state index contributed by atoms with van der Waals surface area (Å²) in [5.41, 5.74) is 8.59. The van der Waals surface area contributed by atoms with Gasteiger partial charge in [0.1, 0.15) is 11.5 Å². The van der Waals surface area contributed by atoms with Crippen LogP contribution in [0.1, 0.15) is 50.5 Å². The molecule has 0 aliphatic carbocycles. The lowest BCUT2D eigenvalue weighted by Gasteiger charge is -2.17. The molecule has 0 saturated carbocycles. The van der Waals surface area contributed by atoms with E-state index in [0.29, 0.717) is 55.4 Å². The molecule has 5 heterocycles. The maximum atomic E-state index is 9.65. The molecule has 0 amide bonds. The number of aromatic nitrogens is 4. The van der Waals surface area contributed by atoms with Crippen molar-refractivity contribution in [1.82, 2.24) is 19.9 Å². The van der Waals surface area contributed by atoms with Crippen molar-refractivity contribution in [3.63, 3.8) is 0 Å². The summed E-state index contributed by atoms with van der Waals surface area (Å²) in [6, 6.07) is 22.8. The Kier molecular flexibility index (Phi) is 10.2. The van der Waals surface area contributed by atoms with Crippen LogP contribution < -0.4 is 9.47 Å². The second-order valence-corrected chi connectivity index (χ2v) is 13.0. The molecule has 2 aliphatic rings. The van der Waals surface area contributed by atoms with E-state index in [-0.39, 0.29) is 0 Å². The molecule has 0 spiro atoms. The third-order valence-corrected chi connectivity index (χ3v) is 9.05. The van der Waals surface area contributed by atoms with Crippen molar-refractivity contribution in [2.24, 2.45) is 0 Å². The van der Waals surface area contributed by atoms with Crippen LogP contribution in [0, 0.1) is 0 Å². The van der Waals surface area contributed by atoms with Gasteiger partial charge < -0.3 is 39.1 Å². The van der Waals surface area contributed by atoms with Gasteiger partial charge in [0.05, 0.1) is 43.9 Å². The lowest BCUT2D eigenvalue weighted by Crippen LogP contribution is -2.21. The quantitative estimate of drug-likeness (QED) is 0.102. The molecule has 52 heavy (non-hydrogen) atoms. The number of fused-ring (bicyclic) bond motifs is 8. The molecule has 4 N–H and O–H groups in total. The second-order valence-electron chi connectivity index (χ2n) is 12.3. The first-order valence-electron chi connectivity index (χ1n) is 16.7. The lowest BCUT2D eigenvalue weighted by molar-refractivity contribution is -0.180. The van der Waals surface area contributed by atoms with Crippen LogP contribution in [0.2, 0.25) is 10.0 Å². The second kappa shape index (κ2) is 15.0. The summed E-state index contributed by atoms with van der Waals surface area (Å²) in [5, 5.41) is 20.2. The maximum Gasteiger partial charge on any atom is 0.199 e. The Hall–Kier alpha value is -4.94. The molecule has 7 rings (SSSR count). The van der Waals surface area contributed by atoms with Gasteiger partial charge >= 0.3 is 0 Å². The fraction of sp³-hybridized carbons (Fsp3) is 0.200. The van der Waals surface area contributed by atoms with Crippen LogP contribution in [0.3, 0.4) is 0 Å². The van der Waals surface area contributed by atoms with E-state index in [9.17, 15) is 10.2 Å². The Morgan fingerprint density at radius 1 is 0.538 bits per heavy atom. The molecule has 266 valence electrons. The largest absolute Gasteiger partial charge is 0.465 e. The number of ether oxygens (including phenoxy) is 4. The van der Waals surface area contributed by atoms with Crippen molar-refractivity contribution in [3.8, 4) is 33.8 Å². The van der Waals surface area contributed by atoms with E-state index >= 15 is 0 Å². The number of aliphatic hydroxyl groups excluding tert-OH is 2. The smallest absolute Gasteiger partial charge is 0.199 e. The van der Waals surface area contributed by atoms with Crippen molar-refractivity contribution >= 4 is 69.6 Å². The molecule has 5 aromatic rings. The number of halogens is 2. The summed E-state index contributed by atoms with van der Waals surface area (Å²) < 4.78 is 22.7. The zero-order chi connectivity index (χ0) is 36.5. The highest BCUT2D eigenvalue weighted by molar-refractivity contribution is 6.36. The van der Waals surface area contributed by atoms with Crippen LogP contribution >= 0.6 is 23.2 Å².